The summed E-state index contributed by atoms with van der Waals surface area (Å²) in [5.74, 6) is 0.858. The average molecular weight is 277 g/mol. The lowest BCUT2D eigenvalue weighted by molar-refractivity contribution is -0.0120. The third-order valence-corrected chi connectivity index (χ3v) is 4.31. The third-order valence-electron chi connectivity index (χ3n) is 4.31. The molecule has 1 aliphatic heterocycles. The van der Waals surface area contributed by atoms with Gasteiger partial charge in [-0.3, -0.25) is 14.3 Å². The number of nitrogens with one attached hydrogen (secondary N) is 1. The average Bonchev–Trinajstić information content (AvgIpc) is 2.93. The Morgan fingerprint density at radius 1 is 1.45 bits per heavy atom. The van der Waals surface area contributed by atoms with E-state index in [1.807, 2.05) is 4.57 Å². The molecule has 1 fully saturated rings. The number of imidazole rings is 1. The number of aromatic amines is 1. The molecule has 3 N–H and O–H groups in total. The van der Waals surface area contributed by atoms with Crippen LogP contribution < -0.4 is 11.3 Å². The van der Waals surface area contributed by atoms with Gasteiger partial charge in [-0.25, -0.2) is 4.98 Å². The molecule has 3 heterocycles. The number of aromatic nitrogens is 4. The molecule has 7 heteroatoms. The fourth-order valence-corrected chi connectivity index (χ4v) is 2.94. The molecule has 0 aliphatic carbocycles. The van der Waals surface area contributed by atoms with Crippen LogP contribution in [0.5, 0.6) is 0 Å². The van der Waals surface area contributed by atoms with Gasteiger partial charge in [0.05, 0.1) is 12.4 Å². The molecule has 0 spiro atoms. The molecule has 0 bridgehead atoms. The molecule has 3 rings (SSSR count). The van der Waals surface area contributed by atoms with Crippen molar-refractivity contribution in [3.8, 4) is 0 Å². The Balaban J connectivity index is 2.09. The Labute approximate surface area is 116 Å². The van der Waals surface area contributed by atoms with E-state index in [1.54, 1.807) is 6.33 Å². The lowest BCUT2D eigenvalue weighted by Crippen LogP contribution is -2.17. The zero-order valence-electron chi connectivity index (χ0n) is 11.8. The highest BCUT2D eigenvalue weighted by Gasteiger charge is 2.39. The second-order valence-corrected chi connectivity index (χ2v) is 5.47. The third kappa shape index (κ3) is 1.81. The van der Waals surface area contributed by atoms with E-state index in [-0.39, 0.29) is 23.8 Å². The van der Waals surface area contributed by atoms with Crippen molar-refractivity contribution in [2.75, 3.05) is 5.73 Å². The van der Waals surface area contributed by atoms with Crippen molar-refractivity contribution in [1.82, 2.24) is 19.5 Å². The first-order valence-electron chi connectivity index (χ1n) is 6.90. The molecule has 0 saturated carbocycles. The van der Waals surface area contributed by atoms with Crippen molar-refractivity contribution < 1.29 is 4.74 Å². The van der Waals surface area contributed by atoms with Crippen molar-refractivity contribution in [2.45, 2.75) is 39.5 Å². The van der Waals surface area contributed by atoms with Crippen molar-refractivity contribution >= 4 is 17.1 Å². The van der Waals surface area contributed by atoms with E-state index in [1.165, 1.54) is 0 Å². The van der Waals surface area contributed by atoms with Crippen LogP contribution in [-0.4, -0.2) is 25.6 Å². The molecule has 108 valence electrons. The summed E-state index contributed by atoms with van der Waals surface area (Å²) in [7, 11) is 0. The van der Waals surface area contributed by atoms with Crippen LogP contribution in [0.1, 0.15) is 33.4 Å². The molecule has 4 atom stereocenters. The number of hydrogen-bond donors (Lipinski definition) is 2. The Morgan fingerprint density at radius 3 is 2.85 bits per heavy atom. The van der Waals surface area contributed by atoms with Crippen LogP contribution in [0.2, 0.25) is 0 Å². The summed E-state index contributed by atoms with van der Waals surface area (Å²) in [5.41, 5.74) is 6.07. The van der Waals surface area contributed by atoms with Gasteiger partial charge in [-0.15, -0.1) is 0 Å². The van der Waals surface area contributed by atoms with Crippen molar-refractivity contribution in [3.63, 3.8) is 0 Å². The fraction of sp³-hybridized carbons (Fsp3) is 0.615. The van der Waals surface area contributed by atoms with E-state index in [4.69, 9.17) is 10.5 Å². The largest absolute Gasteiger partial charge is 0.369 e. The number of ether oxygens (including phenoxy) is 1. The maximum Gasteiger partial charge on any atom is 0.280 e. The maximum absolute atomic E-state index is 11.8. The summed E-state index contributed by atoms with van der Waals surface area (Å²) in [6, 6.07) is 0. The van der Waals surface area contributed by atoms with E-state index in [2.05, 4.69) is 35.7 Å². The molecular weight excluding hydrogens is 258 g/mol. The predicted octanol–water partition coefficient (Wildman–Crippen LogP) is 1.28. The lowest BCUT2D eigenvalue weighted by atomic mass is 9.91. The van der Waals surface area contributed by atoms with Gasteiger partial charge in [-0.1, -0.05) is 20.8 Å². The van der Waals surface area contributed by atoms with Crippen LogP contribution >= 0.6 is 0 Å². The van der Waals surface area contributed by atoms with Crippen LogP contribution in [0.15, 0.2) is 11.1 Å². The van der Waals surface area contributed by atoms with Gasteiger partial charge in [0.2, 0.25) is 5.95 Å². The Hall–Kier alpha value is -1.89. The summed E-state index contributed by atoms with van der Waals surface area (Å²) in [6.45, 7) is 6.45. The van der Waals surface area contributed by atoms with Crippen LogP contribution in [0.4, 0.5) is 5.95 Å². The zero-order valence-corrected chi connectivity index (χ0v) is 11.8. The second kappa shape index (κ2) is 4.59. The van der Waals surface area contributed by atoms with E-state index in [9.17, 15) is 4.79 Å². The summed E-state index contributed by atoms with van der Waals surface area (Å²) < 4.78 is 7.91. The van der Waals surface area contributed by atoms with Crippen LogP contribution in [0.25, 0.3) is 11.2 Å². The number of hydrogen-bond acceptors (Lipinski definition) is 5. The lowest BCUT2D eigenvalue weighted by Gasteiger charge is -2.17. The number of anilines is 1. The number of nitrogens with two attached hydrogens (primary N) is 1. The molecule has 20 heavy (non-hydrogen) atoms. The predicted molar refractivity (Wildman–Crippen MR) is 75.1 cm³/mol. The smallest absolute Gasteiger partial charge is 0.280 e. The quantitative estimate of drug-likeness (QED) is 0.861. The molecule has 2 aromatic rings. The van der Waals surface area contributed by atoms with Gasteiger partial charge in [-0.2, -0.15) is 4.98 Å². The number of nitrogen functional groups attached to an aromatic ring is 1. The molecule has 0 amide bonds. The fourth-order valence-electron chi connectivity index (χ4n) is 2.94. The Kier molecular flexibility index (Phi) is 3.01. The van der Waals surface area contributed by atoms with Gasteiger partial charge in [0.1, 0.15) is 6.23 Å². The minimum Gasteiger partial charge on any atom is -0.369 e. The first kappa shape index (κ1) is 13.1. The Morgan fingerprint density at radius 2 is 2.20 bits per heavy atom. The zero-order chi connectivity index (χ0) is 14.4. The number of fused-ring (bicyclic) bond motifs is 1. The van der Waals surface area contributed by atoms with Gasteiger partial charge in [0.25, 0.3) is 5.56 Å². The molecule has 1 saturated heterocycles. The summed E-state index contributed by atoms with van der Waals surface area (Å²) in [5, 5.41) is 0. The number of nitrogens with zero attached hydrogens (tertiary/aromatic N) is 3. The van der Waals surface area contributed by atoms with Gasteiger partial charge < -0.3 is 10.5 Å². The van der Waals surface area contributed by atoms with E-state index in [0.29, 0.717) is 23.0 Å². The van der Waals surface area contributed by atoms with E-state index >= 15 is 0 Å². The molecule has 2 aromatic heterocycles. The Bertz CT molecular complexity index is 692. The van der Waals surface area contributed by atoms with Crippen molar-refractivity contribution in [2.24, 2.45) is 11.8 Å². The highest BCUT2D eigenvalue weighted by Crippen LogP contribution is 2.40. The molecule has 1 unspecified atom stereocenters. The molecule has 1 aliphatic rings. The molecule has 7 nitrogen and oxygen atoms in total. The molecule has 0 radical (unpaired) electrons. The highest BCUT2D eigenvalue weighted by molar-refractivity contribution is 5.70. The first-order chi connectivity index (χ1) is 9.52. The van der Waals surface area contributed by atoms with Crippen LogP contribution in [0.3, 0.4) is 0 Å². The standard InChI is InChI=1S/C13H19N5O2/c1-4-8-6(2)7(3)12(20-8)18-5-15-9-10(18)16-13(14)17-11(9)19/h5-8,12H,4H2,1-3H3,(H3,14,16,17,19)/t6?,7-,8+,12+/m0/s1. The van der Waals surface area contributed by atoms with E-state index in [0.717, 1.165) is 6.42 Å². The summed E-state index contributed by atoms with van der Waals surface area (Å²) in [4.78, 5) is 22.6. The first-order valence-corrected chi connectivity index (χ1v) is 6.90. The maximum atomic E-state index is 11.8. The normalized spacial score (nSPS) is 30.1. The van der Waals surface area contributed by atoms with Gasteiger partial charge >= 0.3 is 0 Å². The minimum atomic E-state index is -0.322. The molecular formula is C13H19N5O2. The van der Waals surface area contributed by atoms with Crippen LogP contribution in [0, 0.1) is 11.8 Å². The van der Waals surface area contributed by atoms with Gasteiger partial charge in [-0.05, 0) is 12.3 Å². The molecule has 0 aromatic carbocycles. The summed E-state index contributed by atoms with van der Waals surface area (Å²) >= 11 is 0. The second-order valence-electron chi connectivity index (χ2n) is 5.47. The number of rotatable bonds is 2. The monoisotopic (exact) mass is 277 g/mol. The summed E-state index contributed by atoms with van der Waals surface area (Å²) in [6.07, 6.45) is 2.63. The van der Waals surface area contributed by atoms with Crippen molar-refractivity contribution in [1.29, 1.82) is 0 Å². The topological polar surface area (TPSA) is 98.8 Å². The van der Waals surface area contributed by atoms with Gasteiger partial charge in [0.15, 0.2) is 11.2 Å². The SMILES string of the molecule is CC[C@H]1O[C@@H](n2cnc3c(=O)[nH]c(N)nc32)[C@@H](C)C1C. The number of H-pyrrole nitrogens is 1. The van der Waals surface area contributed by atoms with Crippen molar-refractivity contribution in [3.05, 3.63) is 16.7 Å². The highest BCUT2D eigenvalue weighted by atomic mass is 16.5. The van der Waals surface area contributed by atoms with Crippen LogP contribution in [-0.2, 0) is 4.74 Å². The van der Waals surface area contributed by atoms with E-state index < -0.39 is 0 Å². The minimum absolute atomic E-state index is 0.0926. The van der Waals surface area contributed by atoms with Gasteiger partial charge in [0, 0.05) is 5.92 Å².